The van der Waals surface area contributed by atoms with Gasteiger partial charge in [0.1, 0.15) is 55.4 Å². The molecule has 20 nitrogen and oxygen atoms in total. The molecule has 26 atom stereocenters. The minimum atomic E-state index is -1.69. The van der Waals surface area contributed by atoms with Gasteiger partial charge in [-0.25, -0.2) is 4.79 Å². The molecule has 9 rings (SSSR count). The zero-order valence-electron chi connectivity index (χ0n) is 40.5. The van der Waals surface area contributed by atoms with Gasteiger partial charge < -0.3 is 88.2 Å². The van der Waals surface area contributed by atoms with Gasteiger partial charge >= 0.3 is 11.9 Å². The predicted octanol–water partition coefficient (Wildman–Crippen LogP) is 0.613. The van der Waals surface area contributed by atoms with Crippen molar-refractivity contribution in [1.82, 2.24) is 0 Å². The van der Waals surface area contributed by atoms with Gasteiger partial charge in [0.25, 0.3) is 0 Å². The van der Waals surface area contributed by atoms with Gasteiger partial charge in [0.2, 0.25) is 0 Å². The summed E-state index contributed by atoms with van der Waals surface area (Å²) in [6.45, 7) is 10.3. The van der Waals surface area contributed by atoms with Crippen LogP contribution in [0.5, 0.6) is 0 Å². The molecule has 0 amide bonds. The van der Waals surface area contributed by atoms with Crippen LogP contribution in [-0.2, 0) is 57.0 Å². The minimum absolute atomic E-state index is 0.00421. The van der Waals surface area contributed by atoms with Crippen LogP contribution in [0.3, 0.4) is 0 Å². The third kappa shape index (κ3) is 9.48. The van der Waals surface area contributed by atoms with E-state index in [1.54, 1.807) is 26.8 Å². The number of aliphatic hydroxyl groups is 8. The van der Waals surface area contributed by atoms with Crippen molar-refractivity contribution in [3.8, 4) is 0 Å². The number of ether oxygens (including phenoxy) is 10. The van der Waals surface area contributed by atoms with Crippen molar-refractivity contribution < 1.29 is 97.8 Å². The van der Waals surface area contributed by atoms with Crippen molar-refractivity contribution in [2.24, 2.45) is 34.5 Å². The maximum Gasteiger partial charge on any atom is 0.331 e. The molecule has 0 bridgehead atoms. The molecule has 0 aromatic rings. The van der Waals surface area contributed by atoms with E-state index in [1.165, 1.54) is 6.92 Å². The van der Waals surface area contributed by atoms with E-state index in [0.717, 1.165) is 37.7 Å². The maximum atomic E-state index is 12.6. The summed E-state index contributed by atoms with van der Waals surface area (Å²) in [6.07, 6.45) is -11.1. The van der Waals surface area contributed by atoms with Crippen LogP contribution in [0.4, 0.5) is 0 Å². The molecule has 5 aliphatic heterocycles. The van der Waals surface area contributed by atoms with E-state index in [9.17, 15) is 50.4 Å². The highest BCUT2D eigenvalue weighted by molar-refractivity contribution is 5.85. The summed E-state index contributed by atoms with van der Waals surface area (Å²) in [7, 11) is 0. The number of fused-ring (bicyclic) bond motifs is 5. The number of aliphatic hydroxyl groups excluding tert-OH is 7. The fourth-order valence-corrected chi connectivity index (χ4v) is 14.6. The van der Waals surface area contributed by atoms with E-state index in [-0.39, 0.29) is 61.1 Å². The maximum absolute atomic E-state index is 12.6. The number of rotatable bonds is 11. The third-order valence-corrected chi connectivity index (χ3v) is 18.4. The van der Waals surface area contributed by atoms with E-state index in [0.29, 0.717) is 25.2 Å². The van der Waals surface area contributed by atoms with Gasteiger partial charge in [0.15, 0.2) is 25.2 Å². The minimum Gasteiger partial charge on any atom is -0.459 e. The van der Waals surface area contributed by atoms with E-state index in [4.69, 9.17) is 47.4 Å². The van der Waals surface area contributed by atoms with Crippen molar-refractivity contribution in [2.75, 3.05) is 13.2 Å². The molecule has 0 spiro atoms. The average Bonchev–Trinajstić information content (AvgIpc) is 3.84. The molecule has 4 saturated heterocycles. The predicted molar refractivity (Wildman–Crippen MR) is 235 cm³/mol. The lowest BCUT2D eigenvalue weighted by atomic mass is 9.42. The van der Waals surface area contributed by atoms with Gasteiger partial charge in [-0.3, -0.25) is 4.79 Å². The molecule has 392 valence electrons. The van der Waals surface area contributed by atoms with Gasteiger partial charge in [0.05, 0.1) is 54.9 Å². The fraction of sp³-hybridized carbons (Fsp3) is 0.918. The number of carbonyl (C=O) groups is 2. The lowest BCUT2D eigenvalue weighted by molar-refractivity contribution is -0.355. The van der Waals surface area contributed by atoms with E-state index in [2.05, 4.69) is 6.92 Å². The second kappa shape index (κ2) is 20.0. The van der Waals surface area contributed by atoms with Crippen LogP contribution in [0, 0.1) is 34.5 Å². The number of hydrogen-bond acceptors (Lipinski definition) is 20. The summed E-state index contributed by atoms with van der Waals surface area (Å²) in [5.74, 6) is -0.580. The molecule has 0 radical (unpaired) electrons. The first-order chi connectivity index (χ1) is 32.6. The van der Waals surface area contributed by atoms with Gasteiger partial charge in [-0.15, -0.1) is 0 Å². The molecule has 69 heavy (non-hydrogen) atoms. The van der Waals surface area contributed by atoms with E-state index >= 15 is 0 Å². The van der Waals surface area contributed by atoms with E-state index in [1.807, 2.05) is 6.92 Å². The van der Waals surface area contributed by atoms with Crippen molar-refractivity contribution in [3.63, 3.8) is 0 Å². The normalized spacial score (nSPS) is 53.3. The van der Waals surface area contributed by atoms with Crippen molar-refractivity contribution >= 4 is 11.9 Å². The van der Waals surface area contributed by atoms with Crippen LogP contribution in [-0.4, -0.2) is 188 Å². The number of hydrogen-bond donors (Lipinski definition) is 8. The first-order valence-electron chi connectivity index (χ1n) is 25.3. The Morgan fingerprint density at radius 1 is 0.710 bits per heavy atom. The highest BCUT2D eigenvalue weighted by atomic mass is 16.8. The number of cyclic esters (lactones) is 1. The summed E-state index contributed by atoms with van der Waals surface area (Å²) in [6, 6.07) is 0. The van der Waals surface area contributed by atoms with Crippen LogP contribution in [0.25, 0.3) is 0 Å². The standard InChI is InChI=1S/C49H76O20/c1-21-43(67-38-17-32(53)44(22(2)62-38)68-39-18-33(64-24(4)51)45(23(3)63-39)69-46-42(58)41(57)40(56)34(19-50)66-46)31(52)16-37(61-21)65-27-9-11-47(5)26(14-27)7-8-29-30(47)15-35(54)48(6)28(10-12-49(29,48)59)25-13-36(55)60-20-25/h13,21-23,26-35,37-46,50,52-54,56-59H,7-12,14-20H2,1-6H3/t21?,22?,23?,26-,27?,28-,29-,30+,31-,32-,33-,34?,35-,37+,38+,39+,40-,41-,42?,43-,44-,45-,46+,47+,48+,49+/m1/s1. The monoisotopic (exact) mass is 984 g/mol. The molecule has 0 aromatic carbocycles. The van der Waals surface area contributed by atoms with Gasteiger partial charge in [0, 0.05) is 37.7 Å². The molecular formula is C49H76O20. The van der Waals surface area contributed by atoms with Gasteiger partial charge in [-0.2, -0.15) is 0 Å². The number of esters is 2. The Hall–Kier alpha value is -1.96. The fourth-order valence-electron chi connectivity index (χ4n) is 14.6. The van der Waals surface area contributed by atoms with Crippen molar-refractivity contribution in [2.45, 2.75) is 234 Å². The molecule has 20 heteroatoms. The average molecular weight is 985 g/mol. The lowest BCUT2D eigenvalue weighted by Gasteiger charge is -2.65. The van der Waals surface area contributed by atoms with Crippen LogP contribution in [0.15, 0.2) is 11.6 Å². The van der Waals surface area contributed by atoms with Crippen LogP contribution < -0.4 is 0 Å². The smallest absolute Gasteiger partial charge is 0.331 e. The lowest BCUT2D eigenvalue weighted by Crippen LogP contribution is -2.67. The molecule has 4 aliphatic carbocycles. The van der Waals surface area contributed by atoms with Gasteiger partial charge in [-0.05, 0) is 107 Å². The molecular weight excluding hydrogens is 909 g/mol. The second-order valence-electron chi connectivity index (χ2n) is 22.2. The Bertz CT molecular complexity index is 1850. The molecule has 9 aliphatic rings. The number of carbonyl (C=O) groups excluding carboxylic acids is 2. The Morgan fingerprint density at radius 2 is 1.33 bits per heavy atom. The zero-order chi connectivity index (χ0) is 49.5. The molecule has 8 N–H and O–H groups in total. The third-order valence-electron chi connectivity index (χ3n) is 18.4. The van der Waals surface area contributed by atoms with Crippen molar-refractivity contribution in [1.29, 1.82) is 0 Å². The molecule has 0 aromatic heterocycles. The van der Waals surface area contributed by atoms with E-state index < -0.39 is 134 Å². The van der Waals surface area contributed by atoms with Crippen LogP contribution in [0.2, 0.25) is 0 Å². The van der Waals surface area contributed by atoms with Crippen LogP contribution in [0.1, 0.15) is 112 Å². The quantitative estimate of drug-likeness (QED) is 0.104. The summed E-state index contributed by atoms with van der Waals surface area (Å²) in [4.78, 5) is 24.2. The Labute approximate surface area is 402 Å². The summed E-state index contributed by atoms with van der Waals surface area (Å²) in [5, 5.41) is 88.1. The first-order valence-corrected chi connectivity index (χ1v) is 25.3. The Kier molecular flexibility index (Phi) is 15.1. The first kappa shape index (κ1) is 51.9. The second-order valence-corrected chi connectivity index (χ2v) is 22.2. The van der Waals surface area contributed by atoms with Gasteiger partial charge in [-0.1, -0.05) is 13.8 Å². The largest absolute Gasteiger partial charge is 0.459 e. The SMILES string of the molecule is CC(=O)O[C@@H]1C[C@H](O[C@@H]2C(C)O[C@@H](O[C@@H]3C(C)O[C@@H](OC4CC[C@@]5(C)[C@H](CC[C@@H]6[C@@H]5C[C@@H](O)[C@]5(C)[C@@H](C7=CC(=O)OC7)CC[C@]65O)C4)C[C@H]3O)C[C@H]2O)OC(C)[C@H]1O[C@@H]1OC(CO)[C@@H](O)[C@@H](O)C1O. The zero-order valence-corrected chi connectivity index (χ0v) is 40.5. The highest BCUT2D eigenvalue weighted by Gasteiger charge is 2.71. The molecule has 8 fully saturated rings. The topological polar surface area (TPSA) is 288 Å². The summed E-state index contributed by atoms with van der Waals surface area (Å²) >= 11 is 0. The highest BCUT2D eigenvalue weighted by Crippen LogP contribution is 2.70. The Balaban J connectivity index is 0.752. The molecule has 6 unspecified atom stereocenters. The summed E-state index contributed by atoms with van der Waals surface area (Å²) in [5.41, 5.74) is -1.01. The van der Waals surface area contributed by atoms with Crippen LogP contribution >= 0.6 is 0 Å². The van der Waals surface area contributed by atoms with Crippen molar-refractivity contribution in [3.05, 3.63) is 11.6 Å². The summed E-state index contributed by atoms with van der Waals surface area (Å²) < 4.78 is 60.1. The molecule has 4 saturated carbocycles. The molecule has 5 heterocycles. The Morgan fingerprint density at radius 3 is 1.93 bits per heavy atom.